The van der Waals surface area contributed by atoms with Crippen LogP contribution in [0.1, 0.15) is 95.5 Å². The molecule has 0 fully saturated rings. The molecule has 260 valence electrons. The number of benzene rings is 2. The second-order valence-electron chi connectivity index (χ2n) is 11.8. The maximum Gasteiger partial charge on any atom is 0.341 e. The minimum absolute atomic E-state index is 0.0246. The average Bonchev–Trinajstić information content (AvgIpc) is 3.52. The topological polar surface area (TPSA) is 194 Å². The van der Waals surface area contributed by atoms with Crippen LogP contribution < -0.4 is 22.5 Å². The predicted octanol–water partition coefficient (Wildman–Crippen LogP) is 3.85. The molecule has 13 nitrogen and oxygen atoms in total. The molecule has 0 radical (unpaired) electrons. The molecule has 5 rings (SSSR count). The van der Waals surface area contributed by atoms with Crippen LogP contribution in [0.3, 0.4) is 0 Å². The molecular weight excluding hydrogens is 644 g/mol. The van der Waals surface area contributed by atoms with E-state index in [2.05, 4.69) is 15.0 Å². The van der Waals surface area contributed by atoms with E-state index in [0.29, 0.717) is 23.1 Å². The highest BCUT2D eigenvalue weighted by Gasteiger charge is 2.25. The van der Waals surface area contributed by atoms with Gasteiger partial charge in [0.05, 0.1) is 25.6 Å². The van der Waals surface area contributed by atoms with Gasteiger partial charge in [0.2, 0.25) is 11.6 Å². The van der Waals surface area contributed by atoms with Gasteiger partial charge in [0, 0.05) is 22.3 Å². The number of aryl methyl sites for hydroxylation is 4. The zero-order chi connectivity index (χ0) is 36.9. The Labute approximate surface area is 286 Å². The van der Waals surface area contributed by atoms with Crippen LogP contribution in [0.4, 0.5) is 0 Å². The molecule has 50 heavy (non-hydrogen) atoms. The molecule has 0 saturated carbocycles. The molecule has 5 aromatic rings. The van der Waals surface area contributed by atoms with Crippen LogP contribution in [0.5, 0.6) is 0 Å². The molecule has 0 aliphatic rings. The normalized spacial score (nSPS) is 10.7. The third-order valence-corrected chi connectivity index (χ3v) is 7.91. The molecule has 13 heteroatoms. The van der Waals surface area contributed by atoms with Crippen LogP contribution in [0, 0.1) is 27.7 Å². The number of methoxy groups -OCH3 is 1. The van der Waals surface area contributed by atoms with Crippen molar-refractivity contribution >= 4 is 17.5 Å². The first-order valence-electron chi connectivity index (χ1n) is 15.8. The van der Waals surface area contributed by atoms with Crippen LogP contribution in [-0.2, 0) is 24.1 Å². The number of furan rings is 1. The van der Waals surface area contributed by atoms with Gasteiger partial charge in [-0.2, -0.15) is 0 Å². The SMILES string of the molecule is CCc1c(C(=O)c2cc(C)cc(C)c2)[nH]c(=O)[nH]c1=O.CCc1c(C(=O)c2cc(C)cc(C)c2)n(Cc2occc2C(=O)OC)c(=O)[nH]c1=O. The fourth-order valence-electron chi connectivity index (χ4n) is 5.79. The fourth-order valence-corrected chi connectivity index (χ4v) is 5.79. The molecule has 3 N–H and O–H groups in total. The molecule has 3 aromatic heterocycles. The number of esters is 1. The maximum atomic E-state index is 13.4. The van der Waals surface area contributed by atoms with Gasteiger partial charge in [0.1, 0.15) is 17.0 Å². The molecule has 0 aliphatic carbocycles. The summed E-state index contributed by atoms with van der Waals surface area (Å²) >= 11 is 0. The Morgan fingerprint density at radius 3 is 1.76 bits per heavy atom. The summed E-state index contributed by atoms with van der Waals surface area (Å²) < 4.78 is 11.2. The lowest BCUT2D eigenvalue weighted by Gasteiger charge is -2.15. The van der Waals surface area contributed by atoms with Crippen molar-refractivity contribution in [3.63, 3.8) is 0 Å². The quantitative estimate of drug-likeness (QED) is 0.153. The molecule has 0 spiro atoms. The number of H-pyrrole nitrogens is 3. The Kier molecular flexibility index (Phi) is 11.3. The number of nitrogens with one attached hydrogen (secondary N) is 3. The van der Waals surface area contributed by atoms with Crippen LogP contribution >= 0.6 is 0 Å². The summed E-state index contributed by atoms with van der Waals surface area (Å²) in [5.74, 6) is -1.27. The number of hydrogen-bond donors (Lipinski definition) is 3. The van der Waals surface area contributed by atoms with E-state index in [9.17, 15) is 33.6 Å². The highest BCUT2D eigenvalue weighted by molar-refractivity contribution is 6.09. The van der Waals surface area contributed by atoms with Gasteiger partial charge in [-0.3, -0.25) is 33.7 Å². The van der Waals surface area contributed by atoms with Crippen molar-refractivity contribution in [2.45, 2.75) is 60.9 Å². The average molecular weight is 683 g/mol. The van der Waals surface area contributed by atoms with Crippen molar-refractivity contribution < 1.29 is 23.5 Å². The van der Waals surface area contributed by atoms with Crippen molar-refractivity contribution in [2.75, 3.05) is 7.11 Å². The number of aromatic amines is 3. The minimum atomic E-state index is -0.767. The number of carbonyl (C=O) groups excluding carboxylic acids is 3. The van der Waals surface area contributed by atoms with Crippen LogP contribution in [0.2, 0.25) is 0 Å². The van der Waals surface area contributed by atoms with Crippen LogP contribution in [-0.4, -0.2) is 44.2 Å². The number of aromatic nitrogens is 4. The molecule has 0 aliphatic heterocycles. The number of rotatable bonds is 9. The summed E-state index contributed by atoms with van der Waals surface area (Å²) in [5.41, 5.74) is 2.64. The Hall–Kier alpha value is -6.11. The summed E-state index contributed by atoms with van der Waals surface area (Å²) in [5, 5.41) is 0. The van der Waals surface area contributed by atoms with E-state index in [1.807, 2.05) is 39.8 Å². The number of ether oxygens (including phenoxy) is 1. The molecule has 0 atom stereocenters. The Morgan fingerprint density at radius 1 is 0.720 bits per heavy atom. The zero-order valence-corrected chi connectivity index (χ0v) is 28.9. The second kappa shape index (κ2) is 15.4. The first-order chi connectivity index (χ1) is 23.7. The molecule has 0 unspecified atom stereocenters. The van der Waals surface area contributed by atoms with Crippen molar-refractivity contribution in [2.24, 2.45) is 0 Å². The predicted molar refractivity (Wildman–Crippen MR) is 186 cm³/mol. The number of ketones is 2. The molecule has 0 bridgehead atoms. The molecule has 3 heterocycles. The molecule has 0 saturated heterocycles. The maximum absolute atomic E-state index is 13.4. The first-order valence-corrected chi connectivity index (χ1v) is 15.8. The lowest BCUT2D eigenvalue weighted by molar-refractivity contribution is 0.0597. The van der Waals surface area contributed by atoms with Crippen molar-refractivity contribution in [1.29, 1.82) is 0 Å². The Morgan fingerprint density at radius 2 is 1.24 bits per heavy atom. The Bertz CT molecular complexity index is 2310. The van der Waals surface area contributed by atoms with Gasteiger partial charge in [-0.05, 0) is 70.9 Å². The van der Waals surface area contributed by atoms with E-state index >= 15 is 0 Å². The molecule has 0 amide bonds. The number of carbonyl (C=O) groups is 3. The first kappa shape index (κ1) is 36.7. The van der Waals surface area contributed by atoms with Gasteiger partial charge in [-0.15, -0.1) is 0 Å². The van der Waals surface area contributed by atoms with Gasteiger partial charge in [-0.1, -0.05) is 48.2 Å². The van der Waals surface area contributed by atoms with Gasteiger partial charge < -0.3 is 14.1 Å². The minimum Gasteiger partial charge on any atom is -0.467 e. The second-order valence-corrected chi connectivity index (χ2v) is 11.8. The van der Waals surface area contributed by atoms with Gasteiger partial charge in [0.15, 0.2) is 0 Å². The lowest BCUT2D eigenvalue weighted by Crippen LogP contribution is -2.37. The molecular formula is C37H38N4O9. The van der Waals surface area contributed by atoms with Gasteiger partial charge in [0.25, 0.3) is 11.1 Å². The van der Waals surface area contributed by atoms with E-state index < -0.39 is 34.3 Å². The summed E-state index contributed by atoms with van der Waals surface area (Å²) in [7, 11) is 1.23. The van der Waals surface area contributed by atoms with E-state index in [1.54, 1.807) is 38.1 Å². The monoisotopic (exact) mass is 682 g/mol. The van der Waals surface area contributed by atoms with Gasteiger partial charge in [-0.25, -0.2) is 14.4 Å². The van der Waals surface area contributed by atoms with E-state index in [1.165, 1.54) is 19.4 Å². The van der Waals surface area contributed by atoms with E-state index in [4.69, 9.17) is 9.15 Å². The largest absolute Gasteiger partial charge is 0.467 e. The highest BCUT2D eigenvalue weighted by Crippen LogP contribution is 2.19. The van der Waals surface area contributed by atoms with Crippen molar-refractivity contribution in [3.05, 3.63) is 158 Å². The van der Waals surface area contributed by atoms with Gasteiger partial charge >= 0.3 is 17.3 Å². The standard InChI is InChI=1S/C22H22N2O6.C15H16N2O3/c1-5-15-18(19(25)14-9-12(2)8-13(3)10-14)24(22(28)23-20(15)26)11-17-16(6-7-30-17)21(27)29-4;1-4-11-12(16-15(20)17-14(11)19)13(18)10-6-8(2)5-9(3)7-10/h6-10H,5,11H2,1-4H3,(H,23,26,28);5-7H,4H2,1-3H3,(H2,16,17,19,20). The summed E-state index contributed by atoms with van der Waals surface area (Å²) in [4.78, 5) is 92.9. The third kappa shape index (κ3) is 7.95. The van der Waals surface area contributed by atoms with Crippen LogP contribution in [0.25, 0.3) is 0 Å². The molecule has 2 aromatic carbocycles. The summed E-state index contributed by atoms with van der Waals surface area (Å²) in [6.07, 6.45) is 1.91. The van der Waals surface area contributed by atoms with Crippen LogP contribution in [0.15, 0.2) is 72.3 Å². The van der Waals surface area contributed by atoms with E-state index in [0.717, 1.165) is 26.8 Å². The lowest BCUT2D eigenvalue weighted by atomic mass is 9.99. The Balaban J connectivity index is 0.000000244. The third-order valence-electron chi connectivity index (χ3n) is 7.91. The summed E-state index contributed by atoms with van der Waals surface area (Å²) in [6, 6.07) is 12.2. The van der Waals surface area contributed by atoms with E-state index in [-0.39, 0.29) is 47.0 Å². The number of nitrogens with zero attached hydrogens (tertiary/aromatic N) is 1. The zero-order valence-electron chi connectivity index (χ0n) is 28.9. The smallest absolute Gasteiger partial charge is 0.341 e. The van der Waals surface area contributed by atoms with Crippen molar-refractivity contribution in [3.8, 4) is 0 Å². The summed E-state index contributed by atoms with van der Waals surface area (Å²) in [6.45, 7) is 10.8. The highest BCUT2D eigenvalue weighted by atomic mass is 16.5. The fraction of sp³-hybridized carbons (Fsp3) is 0.270. The number of hydrogen-bond acceptors (Lipinski definition) is 9. The van der Waals surface area contributed by atoms with Crippen molar-refractivity contribution in [1.82, 2.24) is 19.5 Å².